The van der Waals surface area contributed by atoms with Crippen LogP contribution in [0.1, 0.15) is 11.4 Å². The van der Waals surface area contributed by atoms with Crippen molar-refractivity contribution in [2.45, 2.75) is 19.1 Å². The van der Waals surface area contributed by atoms with E-state index in [4.69, 9.17) is 0 Å². The van der Waals surface area contributed by atoms with E-state index in [9.17, 15) is 32.9 Å². The predicted molar refractivity (Wildman–Crippen MR) is 82.3 cm³/mol. The maximum absolute atomic E-state index is 12.7. The molecule has 2 aromatic rings. The normalized spacial score (nSPS) is 11.4. The number of nitro benzene ring substituents is 1. The molecule has 0 aliphatic rings. The van der Waals surface area contributed by atoms with Gasteiger partial charge in [-0.2, -0.15) is 13.2 Å². The summed E-state index contributed by atoms with van der Waals surface area (Å²) in [5.41, 5.74) is -0.520. The molecule has 0 bridgehead atoms. The molecule has 1 heterocycles. The number of hydrogen-bond donors (Lipinski definition) is 1. The van der Waals surface area contributed by atoms with Crippen LogP contribution in [-0.4, -0.2) is 31.7 Å². The number of hydrogen-bond acceptors (Lipinski definition) is 5. The second-order valence-corrected chi connectivity index (χ2v) is 5.34. The largest absolute Gasteiger partial charge is 0.451 e. The molecule has 2 rings (SSSR count). The third-order valence-electron chi connectivity index (χ3n) is 3.45. The van der Waals surface area contributed by atoms with Gasteiger partial charge < -0.3 is 5.32 Å². The Kier molecular flexibility index (Phi) is 5.43. The maximum atomic E-state index is 12.7. The zero-order valence-corrected chi connectivity index (χ0v) is 13.5. The van der Waals surface area contributed by atoms with Crippen LogP contribution in [0.3, 0.4) is 0 Å². The highest BCUT2D eigenvalue weighted by atomic mass is 19.4. The van der Waals surface area contributed by atoms with Crippen molar-refractivity contribution in [1.82, 2.24) is 19.7 Å². The molecule has 0 atom stereocenters. The van der Waals surface area contributed by atoms with Crippen molar-refractivity contribution >= 4 is 11.6 Å². The smallest absolute Gasteiger partial charge is 0.354 e. The molecular weight excluding hydrogens is 359 g/mol. The zero-order chi connectivity index (χ0) is 19.5. The van der Waals surface area contributed by atoms with Gasteiger partial charge in [-0.3, -0.25) is 19.5 Å². The summed E-state index contributed by atoms with van der Waals surface area (Å²) < 4.78 is 39.0. The fraction of sp³-hybridized carbons (Fsp3) is 0.357. The number of carbonyl (C=O) groups excluding carboxylic acids is 1. The highest BCUT2D eigenvalue weighted by Gasteiger charge is 2.37. The second-order valence-electron chi connectivity index (χ2n) is 5.34. The number of rotatable bonds is 6. The summed E-state index contributed by atoms with van der Waals surface area (Å²) >= 11 is 0. The van der Waals surface area contributed by atoms with Crippen LogP contribution in [0, 0.1) is 10.1 Å². The average Bonchev–Trinajstić information content (AvgIpc) is 2.84. The first-order valence-corrected chi connectivity index (χ1v) is 7.30. The van der Waals surface area contributed by atoms with Crippen LogP contribution in [0.15, 0.2) is 29.1 Å². The number of nitrogens with zero attached hydrogens (tertiary/aromatic N) is 4. The molecule has 0 saturated heterocycles. The van der Waals surface area contributed by atoms with Crippen molar-refractivity contribution in [2.75, 3.05) is 6.54 Å². The van der Waals surface area contributed by atoms with Gasteiger partial charge in [-0.25, -0.2) is 9.48 Å². The van der Waals surface area contributed by atoms with Crippen LogP contribution in [0.4, 0.5) is 18.9 Å². The third kappa shape index (κ3) is 4.46. The van der Waals surface area contributed by atoms with E-state index in [1.807, 2.05) is 0 Å². The molecule has 0 aliphatic heterocycles. The molecule has 1 N–H and O–H groups in total. The lowest BCUT2D eigenvalue weighted by atomic mass is 10.1. The average molecular weight is 373 g/mol. The maximum Gasteiger partial charge on any atom is 0.451 e. The molecule has 9 nitrogen and oxygen atoms in total. The number of alkyl halides is 3. The molecule has 0 aliphatic carbocycles. The summed E-state index contributed by atoms with van der Waals surface area (Å²) in [4.78, 5) is 33.5. The van der Waals surface area contributed by atoms with Gasteiger partial charge in [0, 0.05) is 25.7 Å². The van der Waals surface area contributed by atoms with Crippen LogP contribution in [0.25, 0.3) is 0 Å². The monoisotopic (exact) mass is 373 g/mol. The number of aromatic nitrogens is 3. The van der Waals surface area contributed by atoms with E-state index in [2.05, 4.69) is 10.4 Å². The summed E-state index contributed by atoms with van der Waals surface area (Å²) in [6.45, 7) is -0.325. The first kappa shape index (κ1) is 19.1. The Hall–Kier alpha value is -3.18. The Morgan fingerprint density at radius 1 is 1.31 bits per heavy atom. The van der Waals surface area contributed by atoms with Crippen LogP contribution in [-0.2, 0) is 31.0 Å². The first-order valence-electron chi connectivity index (χ1n) is 7.30. The summed E-state index contributed by atoms with van der Waals surface area (Å²) in [7, 11) is 0.960. The minimum atomic E-state index is -4.75. The second kappa shape index (κ2) is 7.37. The Morgan fingerprint density at radius 2 is 1.92 bits per heavy atom. The van der Waals surface area contributed by atoms with E-state index in [1.54, 1.807) is 0 Å². The Balaban J connectivity index is 1.91. The highest BCUT2D eigenvalue weighted by Crippen LogP contribution is 2.25. The fourth-order valence-electron chi connectivity index (χ4n) is 2.17. The highest BCUT2D eigenvalue weighted by molar-refractivity contribution is 5.78. The van der Waals surface area contributed by atoms with Gasteiger partial charge in [0.15, 0.2) is 0 Å². The number of nitrogens with one attached hydrogen (secondary N) is 1. The van der Waals surface area contributed by atoms with Crippen LogP contribution in [0.5, 0.6) is 0 Å². The van der Waals surface area contributed by atoms with Crippen molar-refractivity contribution in [1.29, 1.82) is 0 Å². The van der Waals surface area contributed by atoms with E-state index >= 15 is 0 Å². The summed E-state index contributed by atoms with van der Waals surface area (Å²) in [6.07, 6.45) is -4.82. The summed E-state index contributed by atoms with van der Waals surface area (Å²) in [5.74, 6) is -1.77. The van der Waals surface area contributed by atoms with Gasteiger partial charge in [0.05, 0.1) is 17.9 Å². The number of halogens is 3. The number of benzene rings is 1. The SMILES string of the molecule is Cn1c(C(F)(F)F)nn(CCNC(=O)Cc2ccc([N+](=O)[O-])cc2)c1=O. The van der Waals surface area contributed by atoms with Crippen molar-refractivity contribution in [3.8, 4) is 0 Å². The zero-order valence-electron chi connectivity index (χ0n) is 13.5. The van der Waals surface area contributed by atoms with E-state index < -0.39 is 28.5 Å². The molecule has 1 aromatic carbocycles. The van der Waals surface area contributed by atoms with Crippen LogP contribution >= 0.6 is 0 Å². The predicted octanol–water partition coefficient (Wildman–Crippen LogP) is 0.868. The van der Waals surface area contributed by atoms with Gasteiger partial charge in [0.25, 0.3) is 5.69 Å². The van der Waals surface area contributed by atoms with Gasteiger partial charge in [-0.05, 0) is 5.56 Å². The van der Waals surface area contributed by atoms with Gasteiger partial charge >= 0.3 is 11.9 Å². The fourth-order valence-corrected chi connectivity index (χ4v) is 2.17. The van der Waals surface area contributed by atoms with E-state index in [0.29, 0.717) is 14.8 Å². The van der Waals surface area contributed by atoms with Crippen molar-refractivity contribution in [2.24, 2.45) is 7.05 Å². The summed E-state index contributed by atoms with van der Waals surface area (Å²) in [5, 5.41) is 16.2. The quantitative estimate of drug-likeness (QED) is 0.596. The molecule has 1 aromatic heterocycles. The molecule has 1 amide bonds. The lowest BCUT2D eigenvalue weighted by Gasteiger charge is -2.05. The summed E-state index contributed by atoms with van der Waals surface area (Å²) in [6, 6.07) is 5.37. The number of non-ortho nitro benzene ring substituents is 1. The number of amides is 1. The standard InChI is InChI=1S/C14H14F3N5O4/c1-20-12(14(15,16)17)19-21(13(20)24)7-6-18-11(23)8-9-2-4-10(5-3-9)22(25)26/h2-5H,6-8H2,1H3,(H,18,23). The van der Waals surface area contributed by atoms with E-state index in [0.717, 1.165) is 7.05 Å². The van der Waals surface area contributed by atoms with Gasteiger partial charge in [-0.1, -0.05) is 12.1 Å². The first-order chi connectivity index (χ1) is 12.1. The Morgan fingerprint density at radius 3 is 2.42 bits per heavy atom. The Bertz CT molecular complexity index is 870. The minimum absolute atomic E-state index is 0.0666. The van der Waals surface area contributed by atoms with Crippen molar-refractivity contribution < 1.29 is 22.9 Å². The number of carbonyl (C=O) groups is 1. The molecular formula is C14H14F3N5O4. The molecule has 0 unspecified atom stereocenters. The molecule has 0 spiro atoms. The van der Waals surface area contributed by atoms with E-state index in [-0.39, 0.29) is 25.2 Å². The van der Waals surface area contributed by atoms with Crippen LogP contribution < -0.4 is 11.0 Å². The third-order valence-corrected chi connectivity index (χ3v) is 3.45. The topological polar surface area (TPSA) is 112 Å². The molecule has 12 heteroatoms. The minimum Gasteiger partial charge on any atom is -0.354 e. The number of nitro groups is 1. The molecule has 26 heavy (non-hydrogen) atoms. The van der Waals surface area contributed by atoms with Crippen LogP contribution in [0.2, 0.25) is 0 Å². The molecule has 0 saturated carbocycles. The molecule has 140 valence electrons. The lowest BCUT2D eigenvalue weighted by molar-refractivity contribution is -0.384. The van der Waals surface area contributed by atoms with E-state index in [1.165, 1.54) is 24.3 Å². The molecule has 0 fully saturated rings. The van der Waals surface area contributed by atoms with Gasteiger partial charge in [0.1, 0.15) is 0 Å². The van der Waals surface area contributed by atoms with Crippen molar-refractivity contribution in [3.63, 3.8) is 0 Å². The molecule has 0 radical (unpaired) electrons. The van der Waals surface area contributed by atoms with Crippen molar-refractivity contribution in [3.05, 3.63) is 56.3 Å². The Labute approximate surface area is 144 Å². The van der Waals surface area contributed by atoms with Gasteiger partial charge in [-0.15, -0.1) is 5.10 Å². The lowest BCUT2D eigenvalue weighted by Crippen LogP contribution is -2.32. The van der Waals surface area contributed by atoms with Gasteiger partial charge in [0.2, 0.25) is 11.7 Å².